The molecule has 0 atom stereocenters. The number of hydrogen-bond donors (Lipinski definition) is 0. The third-order valence-electron chi connectivity index (χ3n) is 0.910. The Morgan fingerprint density at radius 3 is 2.40 bits per heavy atom. The molecule has 0 fully saturated rings. The lowest BCUT2D eigenvalue weighted by Crippen LogP contribution is -2.08. The molecule has 10 heavy (non-hydrogen) atoms. The van der Waals surface area contributed by atoms with Crippen molar-refractivity contribution in [2.75, 3.05) is 0 Å². The van der Waals surface area contributed by atoms with Crippen molar-refractivity contribution in [3.63, 3.8) is 0 Å². The summed E-state index contributed by atoms with van der Waals surface area (Å²) in [5, 5.41) is 3.37. The molecule has 0 aromatic carbocycles. The van der Waals surface area contributed by atoms with Crippen LogP contribution in [0.3, 0.4) is 0 Å². The van der Waals surface area contributed by atoms with Crippen LogP contribution in [0, 0.1) is 0 Å². The molecule has 0 aliphatic carbocycles. The second-order valence-corrected chi connectivity index (χ2v) is 3.05. The van der Waals surface area contributed by atoms with E-state index in [2.05, 4.69) is 30.6 Å². The molecule has 0 bridgehead atoms. The fourth-order valence-electron chi connectivity index (χ4n) is 0.447. The molecule has 1 rings (SSSR count). The molecule has 1 heterocycles. The van der Waals surface area contributed by atoms with Gasteiger partial charge in [-0.25, -0.2) is 4.39 Å². The minimum absolute atomic E-state index is 0.0145. The molecule has 56 valence electrons. The van der Waals surface area contributed by atoms with Crippen LogP contribution in [0.15, 0.2) is 9.26 Å². The summed E-state index contributed by atoms with van der Waals surface area (Å²) in [5.74, 6) is -0.0145. The maximum absolute atomic E-state index is 12.9. The van der Waals surface area contributed by atoms with Crippen molar-refractivity contribution in [2.24, 2.45) is 0 Å². The monoisotopic (exact) mass is 208 g/mol. The molecule has 0 aliphatic rings. The molecule has 0 saturated heterocycles. The van der Waals surface area contributed by atoms with Crippen LogP contribution in [0.4, 0.5) is 4.39 Å². The smallest absolute Gasteiger partial charge is 0.264 e. The van der Waals surface area contributed by atoms with Crippen molar-refractivity contribution in [3.8, 4) is 0 Å². The highest BCUT2D eigenvalue weighted by molar-refractivity contribution is 9.10. The van der Waals surface area contributed by atoms with E-state index in [1.54, 1.807) is 0 Å². The molecule has 0 saturated carbocycles. The van der Waals surface area contributed by atoms with E-state index in [4.69, 9.17) is 0 Å². The molecular formula is C5H6BrFN2O. The number of aromatic nitrogens is 2. The van der Waals surface area contributed by atoms with E-state index in [9.17, 15) is 4.39 Å². The third-order valence-corrected chi connectivity index (χ3v) is 1.23. The quantitative estimate of drug-likeness (QED) is 0.710. The first-order chi connectivity index (χ1) is 4.50. The van der Waals surface area contributed by atoms with Gasteiger partial charge in [0.25, 0.3) is 5.89 Å². The Morgan fingerprint density at radius 2 is 2.20 bits per heavy atom. The zero-order valence-electron chi connectivity index (χ0n) is 5.56. The van der Waals surface area contributed by atoms with Gasteiger partial charge in [0.05, 0.1) is 0 Å². The molecule has 0 radical (unpaired) electrons. The van der Waals surface area contributed by atoms with Gasteiger partial charge in [0.15, 0.2) is 5.67 Å². The Bertz CT molecular complexity index is 230. The number of nitrogens with zero attached hydrogens (tertiary/aromatic N) is 2. The highest BCUT2D eigenvalue weighted by Gasteiger charge is 2.25. The Hall–Kier alpha value is -0.450. The normalized spacial score (nSPS) is 12.0. The van der Waals surface area contributed by atoms with Crippen LogP contribution < -0.4 is 0 Å². The second kappa shape index (κ2) is 2.30. The Morgan fingerprint density at radius 1 is 1.60 bits per heavy atom. The minimum atomic E-state index is -1.56. The van der Waals surface area contributed by atoms with Crippen LogP contribution in [0.1, 0.15) is 19.7 Å². The van der Waals surface area contributed by atoms with Gasteiger partial charge >= 0.3 is 0 Å². The van der Waals surface area contributed by atoms with Gasteiger partial charge in [0.2, 0.25) is 4.73 Å². The van der Waals surface area contributed by atoms with E-state index in [0.717, 1.165) is 0 Å². The van der Waals surface area contributed by atoms with Gasteiger partial charge in [0, 0.05) is 0 Å². The number of alkyl halides is 1. The highest BCUT2D eigenvalue weighted by Crippen LogP contribution is 2.23. The molecule has 0 spiro atoms. The molecule has 0 unspecified atom stereocenters. The van der Waals surface area contributed by atoms with E-state index in [1.807, 2.05) is 0 Å². The summed E-state index contributed by atoms with van der Waals surface area (Å²) in [6.45, 7) is 2.71. The van der Waals surface area contributed by atoms with E-state index < -0.39 is 5.67 Å². The summed E-state index contributed by atoms with van der Waals surface area (Å²) in [6, 6.07) is 0. The lowest BCUT2D eigenvalue weighted by Gasteiger charge is -2.05. The molecular weight excluding hydrogens is 203 g/mol. The maximum atomic E-state index is 12.9. The van der Waals surface area contributed by atoms with E-state index in [0.29, 0.717) is 0 Å². The van der Waals surface area contributed by atoms with E-state index >= 15 is 0 Å². The van der Waals surface area contributed by atoms with Gasteiger partial charge in [0.1, 0.15) is 0 Å². The molecule has 1 aromatic heterocycles. The standard InChI is InChI=1S/C5H6BrFN2O/c1-5(2,7)3-8-4(6)9-10-3/h1-2H3. The first kappa shape index (κ1) is 7.65. The summed E-state index contributed by atoms with van der Waals surface area (Å²) in [4.78, 5) is 3.65. The van der Waals surface area contributed by atoms with Crippen molar-refractivity contribution in [1.82, 2.24) is 10.1 Å². The van der Waals surface area contributed by atoms with E-state index in [-0.39, 0.29) is 10.6 Å². The molecule has 0 aliphatic heterocycles. The Balaban J connectivity index is 2.96. The van der Waals surface area contributed by atoms with Crippen LogP contribution in [0.5, 0.6) is 0 Å². The van der Waals surface area contributed by atoms with Crippen LogP contribution in [-0.4, -0.2) is 10.1 Å². The second-order valence-electron chi connectivity index (χ2n) is 2.34. The Labute approximate surface area is 65.7 Å². The predicted octanol–water partition coefficient (Wildman–Crippen LogP) is 2.04. The number of halogens is 2. The van der Waals surface area contributed by atoms with Crippen molar-refractivity contribution in [3.05, 3.63) is 10.6 Å². The molecule has 1 aromatic rings. The zero-order chi connectivity index (χ0) is 7.78. The number of rotatable bonds is 1. The van der Waals surface area contributed by atoms with Gasteiger partial charge in [-0.3, -0.25) is 0 Å². The van der Waals surface area contributed by atoms with Crippen molar-refractivity contribution in [2.45, 2.75) is 19.5 Å². The summed E-state index contributed by atoms with van der Waals surface area (Å²) in [5.41, 5.74) is -1.56. The average Bonchev–Trinajstić information content (AvgIpc) is 2.11. The van der Waals surface area contributed by atoms with Crippen LogP contribution in [0.25, 0.3) is 0 Å². The third kappa shape index (κ3) is 1.53. The van der Waals surface area contributed by atoms with Gasteiger partial charge in [-0.15, -0.1) is 0 Å². The Kier molecular flexibility index (Phi) is 1.76. The zero-order valence-corrected chi connectivity index (χ0v) is 7.14. The fourth-order valence-corrected chi connectivity index (χ4v) is 0.680. The van der Waals surface area contributed by atoms with Gasteiger partial charge in [-0.2, -0.15) is 4.98 Å². The summed E-state index contributed by atoms with van der Waals surface area (Å²) in [7, 11) is 0. The van der Waals surface area contributed by atoms with Gasteiger partial charge < -0.3 is 4.52 Å². The van der Waals surface area contributed by atoms with Crippen LogP contribution in [-0.2, 0) is 5.67 Å². The minimum Gasteiger partial charge on any atom is -0.335 e. The first-order valence-corrected chi connectivity index (χ1v) is 3.48. The summed E-state index contributed by atoms with van der Waals surface area (Å²) >= 11 is 2.94. The van der Waals surface area contributed by atoms with Crippen molar-refractivity contribution >= 4 is 15.9 Å². The van der Waals surface area contributed by atoms with Crippen molar-refractivity contribution in [1.29, 1.82) is 0 Å². The van der Waals surface area contributed by atoms with Crippen molar-refractivity contribution < 1.29 is 8.91 Å². The van der Waals surface area contributed by atoms with E-state index in [1.165, 1.54) is 13.8 Å². The van der Waals surface area contributed by atoms with Gasteiger partial charge in [-0.1, -0.05) is 0 Å². The maximum Gasteiger partial charge on any atom is 0.264 e. The SMILES string of the molecule is CC(C)(F)c1nc(Br)no1. The number of hydrogen-bond acceptors (Lipinski definition) is 3. The summed E-state index contributed by atoms with van der Waals surface area (Å²) in [6.07, 6.45) is 0. The molecule has 5 heteroatoms. The van der Waals surface area contributed by atoms with Gasteiger partial charge in [-0.05, 0) is 34.9 Å². The predicted molar refractivity (Wildman–Crippen MR) is 36.1 cm³/mol. The topological polar surface area (TPSA) is 38.9 Å². The lowest BCUT2D eigenvalue weighted by molar-refractivity contribution is 0.155. The summed E-state index contributed by atoms with van der Waals surface area (Å²) < 4.78 is 17.7. The molecule has 3 nitrogen and oxygen atoms in total. The molecule has 0 amide bonds. The van der Waals surface area contributed by atoms with Crippen LogP contribution in [0.2, 0.25) is 0 Å². The molecule has 0 N–H and O–H groups in total. The fraction of sp³-hybridized carbons (Fsp3) is 0.600. The average molecular weight is 209 g/mol. The first-order valence-electron chi connectivity index (χ1n) is 2.69. The lowest BCUT2D eigenvalue weighted by atomic mass is 10.2. The van der Waals surface area contributed by atoms with Crippen LogP contribution >= 0.6 is 15.9 Å². The largest absolute Gasteiger partial charge is 0.335 e. The highest BCUT2D eigenvalue weighted by atomic mass is 79.9.